The molecule has 124 valence electrons. The minimum atomic E-state index is -0.305. The number of halogens is 1. The van der Waals surface area contributed by atoms with E-state index in [4.69, 9.17) is 4.74 Å². The summed E-state index contributed by atoms with van der Waals surface area (Å²) in [5, 5.41) is 5.48. The highest BCUT2D eigenvalue weighted by molar-refractivity contribution is 5.73. The lowest BCUT2D eigenvalue weighted by atomic mass is 10.3. The van der Waals surface area contributed by atoms with Gasteiger partial charge < -0.3 is 19.9 Å². The highest BCUT2D eigenvalue weighted by atomic mass is 19.1. The van der Waals surface area contributed by atoms with E-state index in [0.717, 1.165) is 18.8 Å². The van der Waals surface area contributed by atoms with Crippen LogP contribution in [0.4, 0.5) is 9.18 Å². The van der Waals surface area contributed by atoms with Crippen molar-refractivity contribution < 1.29 is 13.9 Å². The quantitative estimate of drug-likeness (QED) is 0.732. The van der Waals surface area contributed by atoms with Gasteiger partial charge in [-0.25, -0.2) is 14.2 Å². The van der Waals surface area contributed by atoms with Crippen molar-refractivity contribution in [3.8, 4) is 5.75 Å². The second kappa shape index (κ2) is 8.77. The molecule has 0 unspecified atom stereocenters. The van der Waals surface area contributed by atoms with Crippen molar-refractivity contribution >= 4 is 6.03 Å². The number of amides is 2. The van der Waals surface area contributed by atoms with Crippen LogP contribution in [0.3, 0.4) is 0 Å². The van der Waals surface area contributed by atoms with Gasteiger partial charge in [0.1, 0.15) is 24.0 Å². The second-order valence-electron chi connectivity index (χ2n) is 5.01. The van der Waals surface area contributed by atoms with Crippen LogP contribution >= 0.6 is 0 Å². The Balaban J connectivity index is 1.51. The fourth-order valence-electron chi connectivity index (χ4n) is 2.02. The number of rotatable bonds is 8. The van der Waals surface area contributed by atoms with Crippen LogP contribution in [-0.4, -0.2) is 35.3 Å². The number of nitrogens with one attached hydrogen (secondary N) is 2. The Morgan fingerprint density at radius 1 is 1.26 bits per heavy atom. The van der Waals surface area contributed by atoms with Crippen molar-refractivity contribution in [1.82, 2.24) is 20.2 Å². The number of aromatic nitrogens is 2. The van der Waals surface area contributed by atoms with Crippen LogP contribution in [0.2, 0.25) is 0 Å². The second-order valence-corrected chi connectivity index (χ2v) is 5.01. The zero-order valence-corrected chi connectivity index (χ0v) is 13.1. The largest absolute Gasteiger partial charge is 0.492 e. The molecule has 0 aliphatic carbocycles. The number of hydrogen-bond acceptors (Lipinski definition) is 3. The zero-order valence-electron chi connectivity index (χ0n) is 13.1. The van der Waals surface area contributed by atoms with Gasteiger partial charge in [-0.15, -0.1) is 0 Å². The number of imidazole rings is 1. The van der Waals surface area contributed by atoms with Crippen molar-refractivity contribution in [2.75, 3.05) is 19.7 Å². The highest BCUT2D eigenvalue weighted by Crippen LogP contribution is 2.10. The van der Waals surface area contributed by atoms with Gasteiger partial charge in [0.05, 0.1) is 6.54 Å². The molecule has 0 aliphatic rings. The first-order valence-corrected chi connectivity index (χ1v) is 7.53. The van der Waals surface area contributed by atoms with E-state index in [1.54, 1.807) is 18.3 Å². The fourth-order valence-corrected chi connectivity index (χ4v) is 2.02. The number of hydrogen-bond donors (Lipinski definition) is 2. The van der Waals surface area contributed by atoms with E-state index >= 15 is 0 Å². The van der Waals surface area contributed by atoms with Gasteiger partial charge in [-0.3, -0.25) is 0 Å². The molecule has 6 nitrogen and oxygen atoms in total. The molecule has 2 aromatic rings. The Bertz CT molecular complexity index is 613. The molecule has 7 heteroatoms. The van der Waals surface area contributed by atoms with Crippen molar-refractivity contribution in [2.45, 2.75) is 19.9 Å². The van der Waals surface area contributed by atoms with Gasteiger partial charge in [0.15, 0.2) is 0 Å². The van der Waals surface area contributed by atoms with Gasteiger partial charge in [0.2, 0.25) is 0 Å². The van der Waals surface area contributed by atoms with E-state index < -0.39 is 0 Å². The number of carbonyl (C=O) groups is 1. The first-order chi connectivity index (χ1) is 11.1. The molecule has 0 saturated carbocycles. The van der Waals surface area contributed by atoms with Crippen LogP contribution in [-0.2, 0) is 6.54 Å². The Kier molecular flexibility index (Phi) is 6.40. The smallest absolute Gasteiger partial charge is 0.314 e. The molecule has 1 aromatic carbocycles. The molecule has 2 rings (SSSR count). The summed E-state index contributed by atoms with van der Waals surface area (Å²) in [6.07, 6.45) is 4.51. The van der Waals surface area contributed by atoms with Crippen LogP contribution in [0.1, 0.15) is 12.2 Å². The summed E-state index contributed by atoms with van der Waals surface area (Å²) >= 11 is 0. The van der Waals surface area contributed by atoms with Gasteiger partial charge in [0.25, 0.3) is 0 Å². The van der Waals surface area contributed by atoms with E-state index in [0.29, 0.717) is 25.4 Å². The number of aryl methyl sites for hydroxylation is 2. The van der Waals surface area contributed by atoms with Crippen LogP contribution < -0.4 is 15.4 Å². The van der Waals surface area contributed by atoms with Gasteiger partial charge >= 0.3 is 6.03 Å². The summed E-state index contributed by atoms with van der Waals surface area (Å²) in [4.78, 5) is 15.7. The summed E-state index contributed by atoms with van der Waals surface area (Å²) in [6, 6.07) is 5.53. The molecule has 2 amide bonds. The molecular formula is C16H21FN4O2. The minimum absolute atomic E-state index is 0.227. The Morgan fingerprint density at radius 3 is 2.70 bits per heavy atom. The molecule has 0 aliphatic heterocycles. The Morgan fingerprint density at radius 2 is 2.00 bits per heavy atom. The third kappa shape index (κ3) is 5.98. The van der Waals surface area contributed by atoms with E-state index in [-0.39, 0.29) is 11.8 Å². The van der Waals surface area contributed by atoms with Crippen LogP contribution in [0.5, 0.6) is 5.75 Å². The predicted molar refractivity (Wildman–Crippen MR) is 84.9 cm³/mol. The topological polar surface area (TPSA) is 68.2 Å². The molecule has 1 aromatic heterocycles. The van der Waals surface area contributed by atoms with Gasteiger partial charge in [-0.2, -0.15) is 0 Å². The number of nitrogens with zero attached hydrogens (tertiary/aromatic N) is 2. The normalized spacial score (nSPS) is 10.3. The molecule has 0 saturated heterocycles. The maximum atomic E-state index is 12.7. The molecule has 0 spiro atoms. The molecule has 0 atom stereocenters. The standard InChI is InChI=1S/C16H21FN4O2/c1-13-18-8-11-21(13)10-2-7-19-16(22)20-9-12-23-15-5-3-14(17)4-6-15/h3-6,8,11H,2,7,9-10,12H2,1H3,(H2,19,20,22). The maximum absolute atomic E-state index is 12.7. The Labute approximate surface area is 134 Å². The third-order valence-electron chi connectivity index (χ3n) is 3.25. The van der Waals surface area contributed by atoms with Gasteiger partial charge in [-0.1, -0.05) is 0 Å². The zero-order chi connectivity index (χ0) is 16.5. The van der Waals surface area contributed by atoms with E-state index in [2.05, 4.69) is 15.6 Å². The molecule has 2 N–H and O–H groups in total. The lowest BCUT2D eigenvalue weighted by molar-refractivity contribution is 0.236. The molecular weight excluding hydrogens is 299 g/mol. The number of carbonyl (C=O) groups excluding carboxylic acids is 1. The summed E-state index contributed by atoms with van der Waals surface area (Å²) in [6.45, 7) is 4.06. The summed E-state index contributed by atoms with van der Waals surface area (Å²) in [5.41, 5.74) is 0. The van der Waals surface area contributed by atoms with Crippen LogP contribution in [0.15, 0.2) is 36.7 Å². The number of benzene rings is 1. The highest BCUT2D eigenvalue weighted by Gasteiger charge is 2.01. The Hall–Kier alpha value is -2.57. The molecule has 1 heterocycles. The number of urea groups is 1. The number of ether oxygens (including phenoxy) is 1. The van der Waals surface area contributed by atoms with Crippen LogP contribution in [0, 0.1) is 12.7 Å². The van der Waals surface area contributed by atoms with Crippen molar-refractivity contribution in [1.29, 1.82) is 0 Å². The predicted octanol–water partition coefficient (Wildman–Crippen LogP) is 2.10. The first kappa shape index (κ1) is 16.8. The molecule has 0 fully saturated rings. The summed E-state index contributed by atoms with van der Waals surface area (Å²) in [7, 11) is 0. The molecule has 0 bridgehead atoms. The first-order valence-electron chi connectivity index (χ1n) is 7.53. The van der Waals surface area contributed by atoms with Crippen molar-refractivity contribution in [3.05, 3.63) is 48.3 Å². The minimum Gasteiger partial charge on any atom is -0.492 e. The van der Waals surface area contributed by atoms with Gasteiger partial charge in [-0.05, 0) is 37.6 Å². The van der Waals surface area contributed by atoms with E-state index in [1.165, 1.54) is 12.1 Å². The van der Waals surface area contributed by atoms with E-state index in [1.807, 2.05) is 17.7 Å². The molecule has 23 heavy (non-hydrogen) atoms. The molecule has 0 radical (unpaired) electrons. The van der Waals surface area contributed by atoms with Gasteiger partial charge in [0, 0.05) is 25.5 Å². The fraction of sp³-hybridized carbons (Fsp3) is 0.375. The van der Waals surface area contributed by atoms with Crippen molar-refractivity contribution in [3.63, 3.8) is 0 Å². The lowest BCUT2D eigenvalue weighted by Crippen LogP contribution is -2.38. The SMILES string of the molecule is Cc1nccn1CCCNC(=O)NCCOc1ccc(F)cc1. The maximum Gasteiger partial charge on any atom is 0.314 e. The van der Waals surface area contributed by atoms with Crippen molar-refractivity contribution in [2.24, 2.45) is 0 Å². The van der Waals surface area contributed by atoms with E-state index in [9.17, 15) is 9.18 Å². The average Bonchev–Trinajstić information content (AvgIpc) is 2.95. The monoisotopic (exact) mass is 320 g/mol. The average molecular weight is 320 g/mol. The summed E-state index contributed by atoms with van der Waals surface area (Å²) < 4.78 is 20.1. The lowest BCUT2D eigenvalue weighted by Gasteiger charge is -2.09. The summed E-state index contributed by atoms with van der Waals surface area (Å²) in [5.74, 6) is 1.23. The third-order valence-corrected chi connectivity index (χ3v) is 3.25. The van der Waals surface area contributed by atoms with Crippen LogP contribution in [0.25, 0.3) is 0 Å².